The van der Waals surface area contributed by atoms with Gasteiger partial charge < -0.3 is 4.57 Å². The molecule has 2 aromatic heterocycles. The zero-order valence-electron chi connectivity index (χ0n) is 14.5. The molecule has 0 atom stereocenters. The number of hydrogen-bond donors (Lipinski definition) is 0. The molecule has 0 unspecified atom stereocenters. The molecule has 5 nitrogen and oxygen atoms in total. The highest BCUT2D eigenvalue weighted by molar-refractivity contribution is 7.99. The largest absolute Gasteiger partial charge is 0.324 e. The molecule has 0 spiro atoms. The summed E-state index contributed by atoms with van der Waals surface area (Å²) in [5.74, 6) is 0.551. The van der Waals surface area contributed by atoms with Crippen molar-refractivity contribution in [3.63, 3.8) is 0 Å². The molecule has 0 aliphatic carbocycles. The van der Waals surface area contributed by atoms with Crippen LogP contribution < -0.4 is 0 Å². The molecule has 0 radical (unpaired) electrons. The molecule has 0 N–H and O–H groups in total. The number of carbonyl (C=O) groups is 1. The summed E-state index contributed by atoms with van der Waals surface area (Å²) < 4.78 is 2.19. The van der Waals surface area contributed by atoms with Gasteiger partial charge in [-0.25, -0.2) is 4.98 Å². The average molecular weight is 342 g/mol. The molecule has 24 heavy (non-hydrogen) atoms. The maximum Gasteiger partial charge on any atom is 0.211 e. The Hall–Kier alpha value is -1.95. The van der Waals surface area contributed by atoms with Crippen LogP contribution in [-0.4, -0.2) is 31.3 Å². The van der Waals surface area contributed by atoms with Crippen LogP contribution in [0.1, 0.15) is 34.1 Å². The minimum Gasteiger partial charge on any atom is -0.324 e. The molecule has 3 aromatic rings. The van der Waals surface area contributed by atoms with Crippen LogP contribution in [0, 0.1) is 5.41 Å². The summed E-state index contributed by atoms with van der Waals surface area (Å²) in [4.78, 5) is 16.8. The summed E-state index contributed by atoms with van der Waals surface area (Å²) in [6.07, 6.45) is 1.02. The van der Waals surface area contributed by atoms with Crippen LogP contribution in [0.4, 0.5) is 0 Å². The number of Topliss-reactive ketones (excluding diaryl/α,β-unsaturated/α-hetero) is 1. The summed E-state index contributed by atoms with van der Waals surface area (Å²) in [6, 6.07) is 8.17. The number of fused-ring (bicyclic) bond motifs is 3. The van der Waals surface area contributed by atoms with Crippen LogP contribution in [-0.2, 0) is 11.3 Å². The van der Waals surface area contributed by atoms with E-state index in [4.69, 9.17) is 0 Å². The van der Waals surface area contributed by atoms with Crippen LogP contribution in [0.25, 0.3) is 22.1 Å². The van der Waals surface area contributed by atoms with E-state index in [9.17, 15) is 4.79 Å². The van der Waals surface area contributed by atoms with Gasteiger partial charge in [-0.3, -0.25) is 4.79 Å². The molecule has 6 heteroatoms. The van der Waals surface area contributed by atoms with Gasteiger partial charge in [0.15, 0.2) is 5.65 Å². The van der Waals surface area contributed by atoms with E-state index >= 15 is 0 Å². The lowest BCUT2D eigenvalue weighted by Gasteiger charge is -2.15. The number of hydrogen-bond acceptors (Lipinski definition) is 5. The molecular weight excluding hydrogens is 320 g/mol. The highest BCUT2D eigenvalue weighted by Crippen LogP contribution is 2.28. The molecule has 0 saturated heterocycles. The number of nitrogens with zero attached hydrogens (tertiary/aromatic N) is 4. The number of benzene rings is 1. The van der Waals surface area contributed by atoms with Gasteiger partial charge in [-0.15, -0.1) is 10.2 Å². The Bertz CT molecular complexity index is 895. The average Bonchev–Trinajstić information content (AvgIpc) is 2.86. The van der Waals surface area contributed by atoms with Crippen LogP contribution in [0.2, 0.25) is 0 Å². The van der Waals surface area contributed by atoms with E-state index < -0.39 is 0 Å². The summed E-state index contributed by atoms with van der Waals surface area (Å²) in [5, 5.41) is 10.2. The lowest BCUT2D eigenvalue weighted by Crippen LogP contribution is -2.22. The third-order valence-electron chi connectivity index (χ3n) is 3.97. The Morgan fingerprint density at radius 1 is 1.21 bits per heavy atom. The third-order valence-corrected chi connectivity index (χ3v) is 4.81. The second-order valence-corrected chi connectivity index (χ2v) is 7.84. The van der Waals surface area contributed by atoms with E-state index in [2.05, 4.69) is 38.8 Å². The van der Waals surface area contributed by atoms with Crippen molar-refractivity contribution in [2.75, 3.05) is 5.75 Å². The maximum absolute atomic E-state index is 12.1. The van der Waals surface area contributed by atoms with Crippen molar-refractivity contribution in [3.05, 3.63) is 24.3 Å². The molecule has 0 bridgehead atoms. The van der Waals surface area contributed by atoms with Gasteiger partial charge in [0, 0.05) is 17.3 Å². The quantitative estimate of drug-likeness (QED) is 0.653. The number of para-hydroxylation sites is 1. The number of rotatable bonds is 5. The SMILES string of the molecule is CCCn1c2ccccc2c2nnc(SCC(=O)C(C)(C)C)nc21. The van der Waals surface area contributed by atoms with E-state index in [1.165, 1.54) is 11.8 Å². The van der Waals surface area contributed by atoms with E-state index in [0.717, 1.165) is 35.0 Å². The van der Waals surface area contributed by atoms with Crippen molar-refractivity contribution in [1.82, 2.24) is 19.7 Å². The predicted molar refractivity (Wildman–Crippen MR) is 98.3 cm³/mol. The minimum atomic E-state index is -0.346. The van der Waals surface area contributed by atoms with E-state index in [1.54, 1.807) is 0 Å². The molecule has 3 rings (SSSR count). The number of aromatic nitrogens is 4. The standard InChI is InChI=1S/C18H22N4OS/c1-5-10-22-13-9-7-6-8-12(13)15-16(22)19-17(21-20-15)24-11-14(23)18(2,3)4/h6-9H,5,10-11H2,1-4H3. The van der Waals surface area contributed by atoms with Gasteiger partial charge in [-0.05, 0) is 12.5 Å². The lowest BCUT2D eigenvalue weighted by atomic mass is 9.92. The zero-order chi connectivity index (χ0) is 17.3. The first-order chi connectivity index (χ1) is 11.4. The van der Waals surface area contributed by atoms with Crippen molar-refractivity contribution in [1.29, 1.82) is 0 Å². The van der Waals surface area contributed by atoms with Gasteiger partial charge in [0.05, 0.1) is 11.3 Å². The molecule has 126 valence electrons. The Balaban J connectivity index is 1.99. The highest BCUT2D eigenvalue weighted by atomic mass is 32.2. The molecular formula is C18H22N4OS. The van der Waals surface area contributed by atoms with Gasteiger partial charge in [0.1, 0.15) is 11.3 Å². The van der Waals surface area contributed by atoms with Crippen molar-refractivity contribution < 1.29 is 4.79 Å². The topological polar surface area (TPSA) is 60.7 Å². The number of ketones is 1. The Morgan fingerprint density at radius 2 is 1.96 bits per heavy atom. The van der Waals surface area contributed by atoms with Gasteiger partial charge >= 0.3 is 0 Å². The van der Waals surface area contributed by atoms with Gasteiger partial charge in [-0.2, -0.15) is 0 Å². The summed E-state index contributed by atoms with van der Waals surface area (Å²) in [6.45, 7) is 8.81. The minimum absolute atomic E-state index is 0.185. The van der Waals surface area contributed by atoms with Gasteiger partial charge in [-0.1, -0.05) is 57.7 Å². The van der Waals surface area contributed by atoms with Crippen molar-refractivity contribution >= 4 is 39.6 Å². The summed E-state index contributed by atoms with van der Waals surface area (Å²) in [5.41, 5.74) is 2.45. The molecule has 2 heterocycles. The molecule has 0 aliphatic rings. The highest BCUT2D eigenvalue weighted by Gasteiger charge is 2.22. The third kappa shape index (κ3) is 3.15. The first kappa shape index (κ1) is 16.9. The van der Waals surface area contributed by atoms with Gasteiger partial charge in [0.2, 0.25) is 5.16 Å². The number of thioether (sulfide) groups is 1. The molecule has 0 aliphatic heterocycles. The van der Waals surface area contributed by atoms with E-state index in [-0.39, 0.29) is 11.2 Å². The second-order valence-electron chi connectivity index (χ2n) is 6.90. The predicted octanol–water partition coefficient (Wildman–Crippen LogP) is 4.10. The van der Waals surface area contributed by atoms with Crippen molar-refractivity contribution in [2.24, 2.45) is 5.41 Å². The van der Waals surface area contributed by atoms with Crippen LogP contribution in [0.5, 0.6) is 0 Å². The van der Waals surface area contributed by atoms with E-state index in [1.807, 2.05) is 32.9 Å². The molecule has 0 fully saturated rings. The monoisotopic (exact) mass is 342 g/mol. The maximum atomic E-state index is 12.1. The molecule has 1 aromatic carbocycles. The first-order valence-corrected chi connectivity index (χ1v) is 9.18. The first-order valence-electron chi connectivity index (χ1n) is 8.19. The smallest absolute Gasteiger partial charge is 0.211 e. The summed E-state index contributed by atoms with van der Waals surface area (Å²) in [7, 11) is 0. The zero-order valence-corrected chi connectivity index (χ0v) is 15.4. The summed E-state index contributed by atoms with van der Waals surface area (Å²) >= 11 is 1.36. The van der Waals surface area contributed by atoms with E-state index in [0.29, 0.717) is 10.9 Å². The number of aryl methyl sites for hydroxylation is 1. The normalized spacial score (nSPS) is 12.2. The van der Waals surface area contributed by atoms with Crippen molar-refractivity contribution in [3.8, 4) is 0 Å². The Labute approximate surface area is 145 Å². The van der Waals surface area contributed by atoms with Crippen LogP contribution >= 0.6 is 11.8 Å². The molecule has 0 amide bonds. The van der Waals surface area contributed by atoms with Crippen molar-refractivity contribution in [2.45, 2.75) is 45.8 Å². The van der Waals surface area contributed by atoms with Gasteiger partial charge in [0.25, 0.3) is 0 Å². The number of carbonyl (C=O) groups excluding carboxylic acids is 1. The fourth-order valence-electron chi connectivity index (χ4n) is 2.55. The Kier molecular flexibility index (Phi) is 4.58. The molecule has 0 saturated carbocycles. The lowest BCUT2D eigenvalue weighted by molar-refractivity contribution is -0.123. The van der Waals surface area contributed by atoms with Crippen LogP contribution in [0.15, 0.2) is 29.4 Å². The fourth-order valence-corrected chi connectivity index (χ4v) is 3.49. The van der Waals surface area contributed by atoms with Crippen LogP contribution in [0.3, 0.4) is 0 Å². The second kappa shape index (κ2) is 6.51. The Morgan fingerprint density at radius 3 is 2.67 bits per heavy atom. The fraction of sp³-hybridized carbons (Fsp3) is 0.444.